The van der Waals surface area contributed by atoms with E-state index in [1.54, 1.807) is 14.0 Å². The van der Waals surface area contributed by atoms with E-state index >= 15 is 0 Å². The number of ether oxygens (including phenoxy) is 2. The Bertz CT molecular complexity index is 557. The summed E-state index contributed by atoms with van der Waals surface area (Å²) in [5, 5.41) is 6.52. The summed E-state index contributed by atoms with van der Waals surface area (Å²) in [7, 11) is 1.61. The normalized spacial score (nSPS) is 41.1. The second-order valence-corrected chi connectivity index (χ2v) is 8.49. The first-order valence-electron chi connectivity index (χ1n) is 8.20. The van der Waals surface area contributed by atoms with Gasteiger partial charge in [-0.05, 0) is 44.9 Å². The second-order valence-electron chi connectivity index (χ2n) is 7.62. The molecule has 4 aliphatic rings. The van der Waals surface area contributed by atoms with Crippen molar-refractivity contribution in [3.05, 3.63) is 0 Å². The molecule has 3 atom stereocenters. The van der Waals surface area contributed by atoms with Gasteiger partial charge in [0.1, 0.15) is 5.60 Å². The Kier molecular flexibility index (Phi) is 5.01. The van der Waals surface area contributed by atoms with Crippen molar-refractivity contribution >= 4 is 18.0 Å². The van der Waals surface area contributed by atoms with Crippen molar-refractivity contribution in [2.24, 2.45) is 17.8 Å². The Morgan fingerprint density at radius 1 is 1.15 bits per heavy atom. The van der Waals surface area contributed by atoms with Crippen LogP contribution < -0.4 is 0 Å². The zero-order valence-corrected chi connectivity index (χ0v) is 15.0. The molecule has 0 spiro atoms. The average molecular weight is 404 g/mol. The van der Waals surface area contributed by atoms with E-state index in [-0.39, 0.29) is 17.4 Å². The molecule has 0 aromatic rings. The molecule has 11 heteroatoms. The van der Waals surface area contributed by atoms with Gasteiger partial charge < -0.3 is 9.47 Å². The van der Waals surface area contributed by atoms with Crippen molar-refractivity contribution in [1.29, 1.82) is 0 Å². The van der Waals surface area contributed by atoms with Crippen LogP contribution in [0.4, 0.5) is 17.6 Å². The molecule has 1 N–H and O–H groups in total. The molecule has 4 saturated carbocycles. The van der Waals surface area contributed by atoms with E-state index in [9.17, 15) is 22.4 Å². The van der Waals surface area contributed by atoms with Gasteiger partial charge in [0.15, 0.2) is 0 Å². The van der Waals surface area contributed by atoms with Crippen molar-refractivity contribution in [3.8, 4) is 0 Å². The fraction of sp³-hybridized carbons (Fsp3) is 0.933. The van der Waals surface area contributed by atoms with Gasteiger partial charge in [-0.15, -0.1) is 4.33 Å². The summed E-state index contributed by atoms with van der Waals surface area (Å²) >= 11 is -0.996. The maximum atomic E-state index is 14.4. The Morgan fingerprint density at radius 3 is 2.19 bits per heavy atom. The van der Waals surface area contributed by atoms with Crippen molar-refractivity contribution < 1.29 is 46.5 Å². The summed E-state index contributed by atoms with van der Waals surface area (Å²) in [5.41, 5.74) is -1.57. The molecule has 0 amide bonds. The lowest BCUT2D eigenvalue weighted by Gasteiger charge is -2.63. The van der Waals surface area contributed by atoms with Crippen LogP contribution in [-0.2, 0) is 23.6 Å². The number of hydrogen-bond acceptors (Lipinski definition) is 7. The predicted octanol–water partition coefficient (Wildman–Crippen LogP) is 3.81. The van der Waals surface area contributed by atoms with Crippen LogP contribution in [0.3, 0.4) is 0 Å². The first-order valence-corrected chi connectivity index (χ1v) is 8.94. The van der Waals surface area contributed by atoms with Crippen molar-refractivity contribution in [1.82, 2.24) is 0 Å². The molecule has 0 saturated heterocycles. The number of halogens is 4. The van der Waals surface area contributed by atoms with E-state index in [0.29, 0.717) is 31.6 Å². The van der Waals surface area contributed by atoms with Gasteiger partial charge in [0.2, 0.25) is 0 Å². The molecule has 3 unspecified atom stereocenters. The third-order valence-electron chi connectivity index (χ3n) is 6.31. The van der Waals surface area contributed by atoms with Gasteiger partial charge >= 0.3 is 17.1 Å². The van der Waals surface area contributed by atoms with Crippen LogP contribution in [-0.4, -0.2) is 40.7 Å². The van der Waals surface area contributed by atoms with Crippen LogP contribution in [0.25, 0.3) is 0 Å². The molecule has 0 aromatic carbocycles. The first kappa shape index (κ1) is 20.1. The second kappa shape index (κ2) is 6.47. The highest BCUT2D eigenvalue weighted by atomic mass is 32.2. The topological polar surface area (TPSA) is 74.2 Å². The minimum Gasteiger partial charge on any atom is -0.455 e. The molecule has 4 rings (SSSR count). The van der Waals surface area contributed by atoms with Crippen molar-refractivity contribution in [3.63, 3.8) is 0 Å². The smallest absolute Gasteiger partial charge is 0.446 e. The molecule has 150 valence electrons. The van der Waals surface area contributed by atoms with Crippen molar-refractivity contribution in [2.75, 3.05) is 7.11 Å². The highest BCUT2D eigenvalue weighted by Gasteiger charge is 2.69. The summed E-state index contributed by atoms with van der Waals surface area (Å²) < 4.78 is 68.1. The Morgan fingerprint density at radius 2 is 1.73 bits per heavy atom. The lowest BCUT2D eigenvalue weighted by molar-refractivity contribution is -0.433. The summed E-state index contributed by atoms with van der Waals surface area (Å²) in [6, 6.07) is 0. The highest BCUT2D eigenvalue weighted by Crippen LogP contribution is 2.62. The van der Waals surface area contributed by atoms with Gasteiger partial charge in [0.05, 0.1) is 17.6 Å². The monoisotopic (exact) mass is 404 g/mol. The number of esters is 1. The fourth-order valence-electron chi connectivity index (χ4n) is 5.06. The number of carbonyl (C=O) groups excluding carboxylic acids is 1. The van der Waals surface area contributed by atoms with E-state index in [1.165, 1.54) is 0 Å². The quantitative estimate of drug-likeness (QED) is 0.237. The van der Waals surface area contributed by atoms with Gasteiger partial charge in [-0.2, -0.15) is 13.2 Å². The van der Waals surface area contributed by atoms with E-state index in [0.717, 1.165) is 6.42 Å². The largest absolute Gasteiger partial charge is 0.455 e. The minimum atomic E-state index is -5.62. The molecule has 4 bridgehead atoms. The molecule has 6 nitrogen and oxygen atoms in total. The van der Waals surface area contributed by atoms with Crippen LogP contribution in [0.5, 0.6) is 0 Å². The van der Waals surface area contributed by atoms with Crippen LogP contribution in [0.2, 0.25) is 0 Å². The lowest BCUT2D eigenvalue weighted by atomic mass is 9.48. The predicted molar refractivity (Wildman–Crippen MR) is 80.1 cm³/mol. The van der Waals surface area contributed by atoms with E-state index in [1.807, 2.05) is 0 Å². The Hall–Kier alpha value is -0.620. The molecular formula is C15H20F4O6S. The minimum absolute atomic E-state index is 0.213. The van der Waals surface area contributed by atoms with E-state index in [2.05, 4.69) is 9.37 Å². The molecule has 0 heterocycles. The molecule has 0 radical (unpaired) electrons. The highest BCUT2D eigenvalue weighted by molar-refractivity contribution is 7.96. The maximum absolute atomic E-state index is 14.4. The standard InChI is InChI=1S/C15H20F4O6S/c1-12(23-11(20)14(16,15(17,18)19)26-25-24-21)9-3-8-4-10(12)7-13(5-8,6-9)22-2/h8-10,21H,3-7H2,1-2H3. The molecule has 0 aromatic heterocycles. The summed E-state index contributed by atoms with van der Waals surface area (Å²) in [6.07, 6.45) is -2.25. The van der Waals surface area contributed by atoms with Crippen LogP contribution in [0.15, 0.2) is 0 Å². The molecule has 26 heavy (non-hydrogen) atoms. The van der Waals surface area contributed by atoms with Gasteiger partial charge in [-0.1, -0.05) is 5.04 Å². The van der Waals surface area contributed by atoms with Crippen LogP contribution in [0.1, 0.15) is 39.0 Å². The summed E-state index contributed by atoms with van der Waals surface area (Å²) in [4.78, 5) is 12.2. The first-order chi connectivity index (χ1) is 12.0. The van der Waals surface area contributed by atoms with Gasteiger partial charge in [0, 0.05) is 18.9 Å². The molecular weight excluding hydrogens is 384 g/mol. The fourth-order valence-corrected chi connectivity index (χ4v) is 5.38. The Balaban J connectivity index is 1.82. The summed E-state index contributed by atoms with van der Waals surface area (Å²) in [5.74, 6) is -2.18. The number of alkyl halides is 4. The van der Waals surface area contributed by atoms with Gasteiger partial charge in [0.25, 0.3) is 0 Å². The third-order valence-corrected chi connectivity index (χ3v) is 7.06. The maximum Gasteiger partial charge on any atom is 0.446 e. The van der Waals surface area contributed by atoms with Crippen LogP contribution in [0, 0.1) is 17.8 Å². The van der Waals surface area contributed by atoms with E-state index in [4.69, 9.17) is 14.7 Å². The zero-order chi connectivity index (χ0) is 19.4. The van der Waals surface area contributed by atoms with Crippen LogP contribution >= 0.6 is 12.0 Å². The van der Waals surface area contributed by atoms with Gasteiger partial charge in [-0.3, -0.25) is 0 Å². The summed E-state index contributed by atoms with van der Waals surface area (Å²) in [6.45, 7) is 1.56. The SMILES string of the molecule is COC12CC3CC(C1)C(C)(OC(=O)C(F)(SOOO)C(F)(F)F)C(C3)C2. The average Bonchev–Trinajstić information content (AvgIpc) is 2.56. The number of methoxy groups -OCH3 is 1. The number of carbonyl (C=O) groups is 1. The number of hydrogen-bond donors (Lipinski definition) is 1. The molecule has 4 aliphatic carbocycles. The van der Waals surface area contributed by atoms with E-state index < -0.39 is 34.8 Å². The number of rotatable bonds is 6. The molecule has 4 fully saturated rings. The Labute approximate surface area is 151 Å². The van der Waals surface area contributed by atoms with Crippen molar-refractivity contribution in [2.45, 2.75) is 61.4 Å². The molecule has 0 aliphatic heterocycles. The third kappa shape index (κ3) is 3.01. The lowest BCUT2D eigenvalue weighted by Crippen LogP contribution is -2.65. The zero-order valence-electron chi connectivity index (χ0n) is 14.2. The van der Waals surface area contributed by atoms with Gasteiger partial charge in [-0.25, -0.2) is 14.4 Å².